The fraction of sp³-hybridized carbons (Fsp3) is 0.486. The fourth-order valence-electron chi connectivity index (χ4n) is 9.26. The van der Waals surface area contributed by atoms with Crippen LogP contribution in [0, 0.1) is 22.7 Å². The van der Waals surface area contributed by atoms with Crippen LogP contribution in [0.1, 0.15) is 45.0 Å². The van der Waals surface area contributed by atoms with Crippen LogP contribution in [0.15, 0.2) is 82.1 Å². The topological polar surface area (TPSA) is 105 Å². The van der Waals surface area contributed by atoms with Gasteiger partial charge in [-0.05, 0) is 80.2 Å². The predicted octanol–water partition coefficient (Wildman–Crippen LogP) is 5.52. The number of rotatable bonds is 6. The van der Waals surface area contributed by atoms with Gasteiger partial charge in [0.25, 0.3) is 0 Å². The number of ether oxygens (including phenoxy) is 2. The summed E-state index contributed by atoms with van der Waals surface area (Å²) >= 11 is 1.60. The minimum atomic E-state index is -2.29. The Hall–Kier alpha value is -2.89. The molecule has 3 N–H and O–H groups in total. The summed E-state index contributed by atoms with van der Waals surface area (Å²) in [6, 6.07) is 15.7. The van der Waals surface area contributed by atoms with Crippen molar-refractivity contribution in [2.45, 2.75) is 78.8 Å². The normalized spacial score (nSPS) is 41.5. The summed E-state index contributed by atoms with van der Waals surface area (Å²) < 4.78 is 46.4. The van der Waals surface area contributed by atoms with Crippen molar-refractivity contribution in [3.8, 4) is 0 Å². The lowest BCUT2D eigenvalue weighted by Gasteiger charge is -2.63. The van der Waals surface area contributed by atoms with Gasteiger partial charge in [0, 0.05) is 44.8 Å². The van der Waals surface area contributed by atoms with E-state index in [1.807, 2.05) is 55.6 Å². The molecule has 2 aromatic carbocycles. The Morgan fingerprint density at radius 1 is 1.11 bits per heavy atom. The number of benzene rings is 2. The molecule has 7 nitrogen and oxygen atoms in total. The molecule has 0 spiro atoms. The van der Waals surface area contributed by atoms with Crippen molar-refractivity contribution < 1.29 is 38.1 Å². The van der Waals surface area contributed by atoms with Crippen molar-refractivity contribution in [3.63, 3.8) is 0 Å². The van der Waals surface area contributed by atoms with E-state index in [1.165, 1.54) is 12.2 Å². The predicted molar refractivity (Wildman–Crippen MR) is 164 cm³/mol. The number of nitrogens with one attached hydrogen (secondary N) is 1. The van der Waals surface area contributed by atoms with Crippen LogP contribution in [0.5, 0.6) is 0 Å². The highest BCUT2D eigenvalue weighted by molar-refractivity contribution is 7.99. The van der Waals surface area contributed by atoms with Crippen LogP contribution in [-0.4, -0.2) is 65.1 Å². The number of aliphatic hydroxyl groups excluding tert-OH is 2. The summed E-state index contributed by atoms with van der Waals surface area (Å²) in [5, 5.41) is 25.0. The Morgan fingerprint density at radius 2 is 1.87 bits per heavy atom. The van der Waals surface area contributed by atoms with E-state index in [1.54, 1.807) is 25.6 Å². The molecule has 45 heavy (non-hydrogen) atoms. The van der Waals surface area contributed by atoms with E-state index in [-0.39, 0.29) is 24.8 Å². The number of carbonyl (C=O) groups excluding carboxylic acids is 2. The quantitative estimate of drug-likeness (QED) is 0.381. The SMILES string of the molecule is CNc1cccc(Sc2ccc([C@@H]3O[C@@H]4CC5[C@@H]6C[C@H](F)C7=CC(=O)C=C[C@]7(C)[C@@]6(F)[C@@H](O)C[C@]5(C)[C@]4(C(=O)CO)O3)cc2)c1. The number of anilines is 1. The maximum atomic E-state index is 17.6. The standard InChI is InChI=1S/C35H37F2NO6S/c1-32-12-11-21(40)14-26(32)27(36)15-25-24-16-30-35(29(42)18-39,33(24,2)17-28(41)34(25,32)37)44-31(43-30)19-7-9-22(10-8-19)45-23-6-4-5-20(13-23)38-3/h4-14,24-25,27-28,30-31,38-39,41H,15-18H2,1-3H3/t24?,25-,27-,28-,30+,31+,32-,33-,34-,35+/m0/s1. The Bertz CT molecular complexity index is 1620. The van der Waals surface area contributed by atoms with E-state index in [2.05, 4.69) is 5.32 Å². The second kappa shape index (κ2) is 10.6. The molecule has 1 aliphatic heterocycles. The molecular formula is C35H37F2NO6S. The van der Waals surface area contributed by atoms with Crippen molar-refractivity contribution in [1.82, 2.24) is 0 Å². The summed E-state index contributed by atoms with van der Waals surface area (Å²) in [5.41, 5.74) is -4.92. The van der Waals surface area contributed by atoms with Crippen LogP contribution in [0.25, 0.3) is 0 Å². The van der Waals surface area contributed by atoms with Gasteiger partial charge in [-0.1, -0.05) is 43.0 Å². The van der Waals surface area contributed by atoms with Crippen molar-refractivity contribution in [1.29, 1.82) is 0 Å². The molecule has 0 bridgehead atoms. The van der Waals surface area contributed by atoms with E-state index in [0.717, 1.165) is 21.6 Å². The first-order valence-corrected chi connectivity index (χ1v) is 16.2. The van der Waals surface area contributed by atoms with Crippen LogP contribution >= 0.6 is 11.8 Å². The average molecular weight is 638 g/mol. The zero-order chi connectivity index (χ0) is 31.9. The number of fused-ring (bicyclic) bond motifs is 7. The molecule has 1 saturated heterocycles. The van der Waals surface area contributed by atoms with Crippen molar-refractivity contribution in [2.24, 2.45) is 22.7 Å². The molecule has 0 aromatic heterocycles. The molecular weight excluding hydrogens is 600 g/mol. The largest absolute Gasteiger partial charge is 0.390 e. The molecule has 0 amide bonds. The summed E-state index contributed by atoms with van der Waals surface area (Å²) in [5.74, 6) is -2.59. The molecule has 1 heterocycles. The highest BCUT2D eigenvalue weighted by Crippen LogP contribution is 2.72. The Morgan fingerprint density at radius 3 is 2.58 bits per heavy atom. The van der Waals surface area contributed by atoms with Gasteiger partial charge in [-0.3, -0.25) is 9.59 Å². The smallest absolute Gasteiger partial charge is 0.193 e. The van der Waals surface area contributed by atoms with Gasteiger partial charge in [-0.15, -0.1) is 0 Å². The van der Waals surface area contributed by atoms with E-state index in [9.17, 15) is 19.8 Å². The second-order valence-corrected chi connectivity index (χ2v) is 14.6. The molecule has 4 fully saturated rings. The Balaban J connectivity index is 1.20. The van der Waals surface area contributed by atoms with Gasteiger partial charge in [0.05, 0.1) is 12.2 Å². The van der Waals surface area contributed by atoms with Gasteiger partial charge in [0.2, 0.25) is 0 Å². The van der Waals surface area contributed by atoms with Gasteiger partial charge in [-0.25, -0.2) is 8.78 Å². The van der Waals surface area contributed by atoms with E-state index in [0.29, 0.717) is 5.56 Å². The van der Waals surface area contributed by atoms with Crippen LogP contribution in [0.2, 0.25) is 0 Å². The first-order chi connectivity index (χ1) is 21.4. The summed E-state index contributed by atoms with van der Waals surface area (Å²) in [4.78, 5) is 27.9. The molecule has 10 heteroatoms. The van der Waals surface area contributed by atoms with Crippen LogP contribution in [-0.2, 0) is 19.1 Å². The lowest BCUT2D eigenvalue weighted by molar-refractivity contribution is -0.235. The second-order valence-electron chi connectivity index (χ2n) is 13.4. The number of aliphatic hydroxyl groups is 2. The van der Waals surface area contributed by atoms with Crippen molar-refractivity contribution >= 4 is 29.0 Å². The number of carbonyl (C=O) groups is 2. The number of halogens is 2. The van der Waals surface area contributed by atoms with Crippen LogP contribution in [0.3, 0.4) is 0 Å². The Kier molecular flexibility index (Phi) is 7.22. The van der Waals surface area contributed by atoms with Gasteiger partial charge in [-0.2, -0.15) is 0 Å². The van der Waals surface area contributed by atoms with Crippen molar-refractivity contribution in [3.05, 3.63) is 77.9 Å². The first kappa shape index (κ1) is 30.7. The molecule has 3 saturated carbocycles. The first-order valence-electron chi connectivity index (χ1n) is 15.4. The third-order valence-corrected chi connectivity index (χ3v) is 12.4. The number of allylic oxidation sites excluding steroid dienone is 4. The summed E-state index contributed by atoms with van der Waals surface area (Å²) in [6.45, 7) is 2.50. The molecule has 0 radical (unpaired) electrons. The lowest BCUT2D eigenvalue weighted by atomic mass is 9.44. The maximum Gasteiger partial charge on any atom is 0.193 e. The van der Waals surface area contributed by atoms with Crippen LogP contribution in [0.4, 0.5) is 14.5 Å². The summed E-state index contributed by atoms with van der Waals surface area (Å²) in [7, 11) is 1.87. The number of ketones is 2. The van der Waals surface area contributed by atoms with Gasteiger partial charge < -0.3 is 25.0 Å². The van der Waals surface area contributed by atoms with Crippen LogP contribution < -0.4 is 5.32 Å². The minimum Gasteiger partial charge on any atom is -0.390 e. The third kappa shape index (κ3) is 4.15. The molecule has 4 aliphatic carbocycles. The third-order valence-electron chi connectivity index (χ3n) is 11.4. The van der Waals surface area contributed by atoms with E-state index < -0.39 is 76.8 Å². The molecule has 1 unspecified atom stereocenters. The summed E-state index contributed by atoms with van der Waals surface area (Å²) in [6.07, 6.45) is -1.37. The zero-order valence-corrected chi connectivity index (χ0v) is 26.2. The number of Topliss-reactive ketones (excluding diaryl/α,β-unsaturated/α-hetero) is 1. The highest BCUT2D eigenvalue weighted by Gasteiger charge is 2.80. The zero-order valence-electron chi connectivity index (χ0n) is 25.3. The maximum absolute atomic E-state index is 17.6. The highest BCUT2D eigenvalue weighted by atomic mass is 32.2. The number of alkyl halides is 2. The Labute approximate surface area is 265 Å². The van der Waals surface area contributed by atoms with Gasteiger partial charge >= 0.3 is 0 Å². The van der Waals surface area contributed by atoms with Crippen molar-refractivity contribution in [2.75, 3.05) is 19.0 Å². The number of hydrogen-bond acceptors (Lipinski definition) is 8. The molecule has 5 aliphatic rings. The minimum absolute atomic E-state index is 0.0413. The lowest BCUT2D eigenvalue weighted by Crippen LogP contribution is -2.70. The molecule has 238 valence electrons. The van der Waals surface area contributed by atoms with E-state index >= 15 is 8.78 Å². The van der Waals surface area contributed by atoms with E-state index in [4.69, 9.17) is 9.47 Å². The van der Waals surface area contributed by atoms with Gasteiger partial charge in [0.1, 0.15) is 12.8 Å². The monoisotopic (exact) mass is 637 g/mol. The molecule has 2 aromatic rings. The molecule has 10 atom stereocenters. The molecule has 7 rings (SSSR count). The fourth-order valence-corrected chi connectivity index (χ4v) is 10.1. The average Bonchev–Trinajstić information content (AvgIpc) is 3.53. The van der Waals surface area contributed by atoms with Gasteiger partial charge in [0.15, 0.2) is 29.1 Å². The number of hydrogen-bond donors (Lipinski definition) is 3.